The normalized spacial score (nSPS) is 10.6. The van der Waals surface area contributed by atoms with Gasteiger partial charge < -0.3 is 0 Å². The van der Waals surface area contributed by atoms with E-state index in [9.17, 15) is 4.79 Å². The van der Waals surface area contributed by atoms with Crippen LogP contribution in [0.1, 0.15) is 10.4 Å². The van der Waals surface area contributed by atoms with E-state index < -0.39 is 0 Å². The minimum Gasteiger partial charge on any atom is -0.298 e. The molecular formula is C14H8BrClN2OS2. The summed E-state index contributed by atoms with van der Waals surface area (Å²) in [5.74, 6) is -0.264. The van der Waals surface area contributed by atoms with Crippen LogP contribution in [0.4, 0.5) is 5.13 Å². The number of carbonyl (C=O) groups excluding carboxylic acids is 1. The van der Waals surface area contributed by atoms with Gasteiger partial charge in [0.25, 0.3) is 5.91 Å². The molecule has 2 aromatic heterocycles. The van der Waals surface area contributed by atoms with Gasteiger partial charge in [-0.1, -0.05) is 33.6 Å². The number of amides is 1. The molecule has 2 heterocycles. The molecule has 3 nitrogen and oxygen atoms in total. The highest BCUT2D eigenvalue weighted by atomic mass is 79.9. The number of halogens is 2. The Hall–Kier alpha value is -1.21. The molecule has 0 aliphatic carbocycles. The molecule has 1 aromatic carbocycles. The SMILES string of the molecule is O=C(Nc1nc(-c2cccs2)cs1)c1ccc(Br)cc1Cl. The van der Waals surface area contributed by atoms with Crippen molar-refractivity contribution >= 4 is 61.2 Å². The Morgan fingerprint density at radius 3 is 2.86 bits per heavy atom. The number of hydrogen-bond acceptors (Lipinski definition) is 4. The molecule has 3 aromatic rings. The molecule has 0 spiro atoms. The van der Waals surface area contributed by atoms with Gasteiger partial charge in [0.15, 0.2) is 5.13 Å². The van der Waals surface area contributed by atoms with Gasteiger partial charge >= 0.3 is 0 Å². The Kier molecular flexibility index (Phi) is 4.40. The Bertz CT molecular complexity index is 786. The highest BCUT2D eigenvalue weighted by Gasteiger charge is 2.13. The van der Waals surface area contributed by atoms with Crippen molar-refractivity contribution < 1.29 is 4.79 Å². The lowest BCUT2D eigenvalue weighted by molar-refractivity contribution is 0.102. The number of anilines is 1. The molecule has 106 valence electrons. The zero-order valence-corrected chi connectivity index (χ0v) is 14.4. The van der Waals surface area contributed by atoms with Gasteiger partial charge in [-0.15, -0.1) is 22.7 Å². The monoisotopic (exact) mass is 398 g/mol. The quantitative estimate of drug-likeness (QED) is 0.628. The van der Waals surface area contributed by atoms with Gasteiger partial charge in [-0.2, -0.15) is 0 Å². The van der Waals surface area contributed by atoms with Crippen LogP contribution in [0.15, 0.2) is 45.6 Å². The van der Waals surface area contributed by atoms with Gasteiger partial charge in [-0.05, 0) is 29.6 Å². The maximum atomic E-state index is 12.2. The van der Waals surface area contributed by atoms with E-state index in [1.165, 1.54) is 11.3 Å². The summed E-state index contributed by atoms with van der Waals surface area (Å²) in [5.41, 5.74) is 1.29. The number of hydrogen-bond donors (Lipinski definition) is 1. The Morgan fingerprint density at radius 2 is 2.14 bits per heavy atom. The van der Waals surface area contributed by atoms with E-state index in [0.717, 1.165) is 15.0 Å². The molecule has 1 amide bonds. The van der Waals surface area contributed by atoms with Crippen molar-refractivity contribution in [3.8, 4) is 10.6 Å². The average Bonchev–Trinajstić information content (AvgIpc) is 3.08. The summed E-state index contributed by atoms with van der Waals surface area (Å²) in [4.78, 5) is 17.7. The molecule has 0 atom stereocenters. The largest absolute Gasteiger partial charge is 0.298 e. The van der Waals surface area contributed by atoms with Gasteiger partial charge in [0.1, 0.15) is 0 Å². The fraction of sp³-hybridized carbons (Fsp3) is 0. The molecule has 3 rings (SSSR count). The first-order valence-corrected chi connectivity index (χ1v) is 8.82. The van der Waals surface area contributed by atoms with Gasteiger partial charge in [0.2, 0.25) is 0 Å². The summed E-state index contributed by atoms with van der Waals surface area (Å²) < 4.78 is 0.832. The second-order valence-electron chi connectivity index (χ2n) is 4.09. The molecule has 0 unspecified atom stereocenters. The van der Waals surface area contributed by atoms with Crippen molar-refractivity contribution in [3.05, 3.63) is 56.2 Å². The van der Waals surface area contributed by atoms with E-state index in [-0.39, 0.29) is 5.91 Å². The Morgan fingerprint density at radius 1 is 1.29 bits per heavy atom. The van der Waals surface area contributed by atoms with Crippen molar-refractivity contribution in [2.45, 2.75) is 0 Å². The molecule has 21 heavy (non-hydrogen) atoms. The summed E-state index contributed by atoms with van der Waals surface area (Å²) >= 11 is 12.4. The van der Waals surface area contributed by atoms with Crippen molar-refractivity contribution in [1.29, 1.82) is 0 Å². The smallest absolute Gasteiger partial charge is 0.258 e. The molecule has 7 heteroatoms. The van der Waals surface area contributed by atoms with E-state index in [1.807, 2.05) is 22.9 Å². The minimum absolute atomic E-state index is 0.264. The molecule has 0 saturated carbocycles. The van der Waals surface area contributed by atoms with Crippen LogP contribution in [0, 0.1) is 0 Å². The van der Waals surface area contributed by atoms with Gasteiger partial charge in [0.05, 0.1) is 21.2 Å². The maximum Gasteiger partial charge on any atom is 0.258 e. The lowest BCUT2D eigenvalue weighted by Crippen LogP contribution is -2.12. The molecule has 0 bridgehead atoms. The molecule has 0 fully saturated rings. The summed E-state index contributed by atoms with van der Waals surface area (Å²) in [5, 5.41) is 7.65. The predicted octanol–water partition coefficient (Wildman–Crippen LogP) is 5.54. The fourth-order valence-electron chi connectivity index (χ4n) is 1.71. The van der Waals surface area contributed by atoms with Crippen LogP contribution in [0.3, 0.4) is 0 Å². The first kappa shape index (κ1) is 14.7. The number of rotatable bonds is 3. The molecule has 0 aliphatic heterocycles. The third-order valence-electron chi connectivity index (χ3n) is 2.67. The lowest BCUT2D eigenvalue weighted by Gasteiger charge is -2.04. The summed E-state index contributed by atoms with van der Waals surface area (Å²) in [6.07, 6.45) is 0. The molecule has 1 N–H and O–H groups in total. The van der Waals surface area contributed by atoms with E-state index in [2.05, 4.69) is 26.2 Å². The maximum absolute atomic E-state index is 12.2. The van der Waals surface area contributed by atoms with Crippen molar-refractivity contribution in [2.75, 3.05) is 5.32 Å². The predicted molar refractivity (Wildman–Crippen MR) is 92.5 cm³/mol. The van der Waals surface area contributed by atoms with E-state index >= 15 is 0 Å². The van der Waals surface area contributed by atoms with E-state index in [1.54, 1.807) is 29.5 Å². The third-order valence-corrected chi connectivity index (χ3v) is 5.13. The second-order valence-corrected chi connectivity index (χ2v) is 7.22. The standard InChI is InChI=1S/C14H8BrClN2OS2/c15-8-3-4-9(10(16)6-8)13(19)18-14-17-11(7-21-14)12-2-1-5-20-12/h1-7H,(H,17,18,19). The van der Waals surface area contributed by atoms with Crippen LogP contribution in [0.25, 0.3) is 10.6 Å². The second kappa shape index (κ2) is 6.27. The average molecular weight is 400 g/mol. The number of thiazole rings is 1. The zero-order chi connectivity index (χ0) is 14.8. The fourth-order valence-corrected chi connectivity index (χ4v) is 3.93. The van der Waals surface area contributed by atoms with Crippen molar-refractivity contribution in [3.63, 3.8) is 0 Å². The molecule has 0 saturated heterocycles. The Labute approximate surface area is 142 Å². The number of benzene rings is 1. The number of carbonyl (C=O) groups is 1. The zero-order valence-electron chi connectivity index (χ0n) is 10.5. The molecular weight excluding hydrogens is 392 g/mol. The van der Waals surface area contributed by atoms with Gasteiger partial charge in [-0.25, -0.2) is 4.98 Å². The topological polar surface area (TPSA) is 42.0 Å². The summed E-state index contributed by atoms with van der Waals surface area (Å²) in [6.45, 7) is 0. The number of nitrogens with one attached hydrogen (secondary N) is 1. The third kappa shape index (κ3) is 3.35. The first-order valence-electron chi connectivity index (χ1n) is 5.89. The van der Waals surface area contributed by atoms with Crippen molar-refractivity contribution in [1.82, 2.24) is 4.98 Å². The summed E-state index contributed by atoms with van der Waals surface area (Å²) in [6, 6.07) is 9.11. The Balaban J connectivity index is 1.79. The highest BCUT2D eigenvalue weighted by Crippen LogP contribution is 2.29. The summed E-state index contributed by atoms with van der Waals surface area (Å²) in [7, 11) is 0. The number of nitrogens with zero attached hydrogens (tertiary/aromatic N) is 1. The van der Waals surface area contributed by atoms with E-state index in [0.29, 0.717) is 15.7 Å². The van der Waals surface area contributed by atoms with E-state index in [4.69, 9.17) is 11.6 Å². The van der Waals surface area contributed by atoms with Crippen LogP contribution in [0.5, 0.6) is 0 Å². The van der Waals surface area contributed by atoms with Gasteiger partial charge in [-0.3, -0.25) is 10.1 Å². The van der Waals surface area contributed by atoms with Crippen LogP contribution >= 0.6 is 50.2 Å². The lowest BCUT2D eigenvalue weighted by atomic mass is 10.2. The van der Waals surface area contributed by atoms with Crippen molar-refractivity contribution in [2.24, 2.45) is 0 Å². The van der Waals surface area contributed by atoms with Crippen LogP contribution < -0.4 is 5.32 Å². The minimum atomic E-state index is -0.264. The van der Waals surface area contributed by atoms with Crippen LogP contribution in [-0.2, 0) is 0 Å². The highest BCUT2D eigenvalue weighted by molar-refractivity contribution is 9.10. The number of aromatic nitrogens is 1. The molecule has 0 radical (unpaired) electrons. The number of thiophene rings is 1. The van der Waals surface area contributed by atoms with Crippen LogP contribution in [0.2, 0.25) is 5.02 Å². The van der Waals surface area contributed by atoms with Crippen LogP contribution in [-0.4, -0.2) is 10.9 Å². The molecule has 0 aliphatic rings. The first-order chi connectivity index (χ1) is 10.1. The van der Waals surface area contributed by atoms with Gasteiger partial charge in [0, 0.05) is 9.85 Å².